The van der Waals surface area contributed by atoms with Crippen molar-refractivity contribution >= 4 is 5.97 Å². The lowest BCUT2D eigenvalue weighted by Gasteiger charge is -2.08. The van der Waals surface area contributed by atoms with Crippen LogP contribution in [-0.2, 0) is 18.3 Å². The van der Waals surface area contributed by atoms with Gasteiger partial charge in [-0.25, -0.2) is 0 Å². The van der Waals surface area contributed by atoms with Gasteiger partial charge in [0.2, 0.25) is 0 Å². The number of carboxylic acids is 1. The topological polar surface area (TPSA) is 67.2 Å². The maximum atomic E-state index is 10.5. The van der Waals surface area contributed by atoms with Crippen LogP contribution in [0.3, 0.4) is 0 Å². The molecule has 2 N–H and O–H groups in total. The number of nitrogens with zero attached hydrogens (tertiary/aromatic N) is 2. The first-order chi connectivity index (χ1) is 6.61. The SMILES string of the molecule is CC(NCCc1ccnn1C)C(=O)O. The maximum Gasteiger partial charge on any atom is 0.320 e. The molecule has 0 aliphatic carbocycles. The Morgan fingerprint density at radius 2 is 2.50 bits per heavy atom. The smallest absolute Gasteiger partial charge is 0.320 e. The molecule has 1 rings (SSSR count). The van der Waals surface area contributed by atoms with Gasteiger partial charge < -0.3 is 10.4 Å². The molecule has 0 aliphatic rings. The molecule has 1 unspecified atom stereocenters. The minimum absolute atomic E-state index is 0.497. The molecule has 0 saturated carbocycles. The Morgan fingerprint density at radius 1 is 1.79 bits per heavy atom. The van der Waals surface area contributed by atoms with Crippen molar-refractivity contribution in [2.75, 3.05) is 6.54 Å². The summed E-state index contributed by atoms with van der Waals surface area (Å²) in [5.74, 6) is -0.824. The summed E-state index contributed by atoms with van der Waals surface area (Å²) < 4.78 is 1.78. The van der Waals surface area contributed by atoms with Gasteiger partial charge in [0.15, 0.2) is 0 Å². The number of aryl methyl sites for hydroxylation is 1. The van der Waals surface area contributed by atoms with E-state index < -0.39 is 12.0 Å². The third kappa shape index (κ3) is 2.85. The van der Waals surface area contributed by atoms with E-state index in [1.165, 1.54) is 0 Å². The van der Waals surface area contributed by atoms with Crippen molar-refractivity contribution < 1.29 is 9.90 Å². The lowest BCUT2D eigenvalue weighted by atomic mass is 10.3. The van der Waals surface area contributed by atoms with Gasteiger partial charge in [-0.1, -0.05) is 0 Å². The first-order valence-electron chi connectivity index (χ1n) is 4.54. The molecule has 0 fully saturated rings. The highest BCUT2D eigenvalue weighted by Crippen LogP contribution is 1.96. The van der Waals surface area contributed by atoms with E-state index in [0.29, 0.717) is 6.54 Å². The van der Waals surface area contributed by atoms with Crippen LogP contribution in [0, 0.1) is 0 Å². The number of carboxylic acid groups (broad SMARTS) is 1. The van der Waals surface area contributed by atoms with Gasteiger partial charge in [0.25, 0.3) is 0 Å². The van der Waals surface area contributed by atoms with Crippen molar-refractivity contribution in [2.24, 2.45) is 7.05 Å². The van der Waals surface area contributed by atoms with Gasteiger partial charge in [-0.3, -0.25) is 9.48 Å². The average molecular weight is 197 g/mol. The van der Waals surface area contributed by atoms with Crippen LogP contribution >= 0.6 is 0 Å². The van der Waals surface area contributed by atoms with Gasteiger partial charge in [0.1, 0.15) is 6.04 Å². The Kier molecular flexibility index (Phi) is 3.64. The van der Waals surface area contributed by atoms with Crippen LogP contribution in [0.25, 0.3) is 0 Å². The monoisotopic (exact) mass is 197 g/mol. The standard InChI is InChI=1S/C9H15N3O2/c1-7(9(13)14)10-5-3-8-4-6-11-12(8)2/h4,6-7,10H,3,5H2,1-2H3,(H,13,14). The molecule has 0 aromatic carbocycles. The molecule has 0 saturated heterocycles. The van der Waals surface area contributed by atoms with Crippen molar-refractivity contribution in [2.45, 2.75) is 19.4 Å². The van der Waals surface area contributed by atoms with Crippen LogP contribution in [0.2, 0.25) is 0 Å². The fourth-order valence-corrected chi connectivity index (χ4v) is 1.15. The Hall–Kier alpha value is -1.36. The normalized spacial score (nSPS) is 12.7. The van der Waals surface area contributed by atoms with Crippen molar-refractivity contribution in [3.8, 4) is 0 Å². The molecular formula is C9H15N3O2. The molecule has 1 aromatic heterocycles. The summed E-state index contributed by atoms with van der Waals surface area (Å²) in [6.45, 7) is 2.28. The number of aromatic nitrogens is 2. The second-order valence-electron chi connectivity index (χ2n) is 3.21. The van der Waals surface area contributed by atoms with Gasteiger partial charge in [0.05, 0.1) is 0 Å². The quantitative estimate of drug-likeness (QED) is 0.698. The molecule has 0 spiro atoms. The lowest BCUT2D eigenvalue weighted by molar-refractivity contribution is -0.138. The van der Waals surface area contributed by atoms with Gasteiger partial charge >= 0.3 is 5.97 Å². The van der Waals surface area contributed by atoms with Gasteiger partial charge in [0, 0.05) is 31.9 Å². The molecule has 0 amide bonds. The predicted molar refractivity (Wildman–Crippen MR) is 52.0 cm³/mol. The third-order valence-corrected chi connectivity index (χ3v) is 2.12. The number of hydrogen-bond acceptors (Lipinski definition) is 3. The van der Waals surface area contributed by atoms with E-state index in [2.05, 4.69) is 10.4 Å². The van der Waals surface area contributed by atoms with E-state index in [1.54, 1.807) is 17.8 Å². The van der Waals surface area contributed by atoms with Crippen LogP contribution in [-0.4, -0.2) is 33.4 Å². The van der Waals surface area contributed by atoms with Crippen LogP contribution < -0.4 is 5.32 Å². The molecule has 5 nitrogen and oxygen atoms in total. The van der Waals surface area contributed by atoms with Crippen LogP contribution in [0.15, 0.2) is 12.3 Å². The van der Waals surface area contributed by atoms with Crippen molar-refractivity contribution in [1.82, 2.24) is 15.1 Å². The summed E-state index contributed by atoms with van der Waals surface area (Å²) in [5.41, 5.74) is 1.09. The summed E-state index contributed by atoms with van der Waals surface area (Å²) in [6, 6.07) is 1.43. The minimum Gasteiger partial charge on any atom is -0.480 e. The summed E-state index contributed by atoms with van der Waals surface area (Å²) in [5, 5.41) is 15.5. The largest absolute Gasteiger partial charge is 0.480 e. The molecule has 5 heteroatoms. The van der Waals surface area contributed by atoms with Crippen LogP contribution in [0.5, 0.6) is 0 Å². The highest BCUT2D eigenvalue weighted by Gasteiger charge is 2.08. The zero-order chi connectivity index (χ0) is 10.6. The van der Waals surface area contributed by atoms with E-state index in [9.17, 15) is 4.79 Å². The zero-order valence-corrected chi connectivity index (χ0v) is 8.40. The average Bonchev–Trinajstić information content (AvgIpc) is 2.51. The van der Waals surface area contributed by atoms with Crippen molar-refractivity contribution in [3.05, 3.63) is 18.0 Å². The van der Waals surface area contributed by atoms with Gasteiger partial charge in [-0.2, -0.15) is 5.10 Å². The fraction of sp³-hybridized carbons (Fsp3) is 0.556. The Labute approximate surface area is 82.7 Å². The Balaban J connectivity index is 2.29. The molecule has 0 aliphatic heterocycles. The van der Waals surface area contributed by atoms with E-state index >= 15 is 0 Å². The lowest BCUT2D eigenvalue weighted by Crippen LogP contribution is -2.35. The molecule has 1 heterocycles. The van der Waals surface area contributed by atoms with Crippen molar-refractivity contribution in [3.63, 3.8) is 0 Å². The highest BCUT2D eigenvalue weighted by atomic mass is 16.4. The number of carbonyl (C=O) groups is 1. The fourth-order valence-electron chi connectivity index (χ4n) is 1.15. The summed E-state index contributed by atoms with van der Waals surface area (Å²) in [7, 11) is 1.87. The first-order valence-corrected chi connectivity index (χ1v) is 4.54. The zero-order valence-electron chi connectivity index (χ0n) is 8.40. The summed E-state index contributed by atoms with van der Waals surface area (Å²) in [4.78, 5) is 10.5. The second-order valence-corrected chi connectivity index (χ2v) is 3.21. The van der Waals surface area contributed by atoms with Crippen LogP contribution in [0.1, 0.15) is 12.6 Å². The summed E-state index contributed by atoms with van der Waals surface area (Å²) >= 11 is 0. The number of nitrogens with one attached hydrogen (secondary N) is 1. The molecule has 14 heavy (non-hydrogen) atoms. The number of hydrogen-bond donors (Lipinski definition) is 2. The minimum atomic E-state index is -0.824. The molecule has 0 radical (unpaired) electrons. The second kappa shape index (κ2) is 4.76. The van der Waals surface area contributed by atoms with E-state index in [-0.39, 0.29) is 0 Å². The van der Waals surface area contributed by atoms with E-state index in [0.717, 1.165) is 12.1 Å². The predicted octanol–water partition coefficient (Wildman–Crippen LogP) is 0.0253. The highest BCUT2D eigenvalue weighted by molar-refractivity contribution is 5.72. The number of aliphatic carboxylic acids is 1. The Morgan fingerprint density at radius 3 is 3.00 bits per heavy atom. The molecule has 1 atom stereocenters. The molecular weight excluding hydrogens is 182 g/mol. The van der Waals surface area contributed by atoms with Gasteiger partial charge in [-0.05, 0) is 13.0 Å². The Bertz CT molecular complexity index is 309. The summed E-state index contributed by atoms with van der Waals surface area (Å²) in [6.07, 6.45) is 2.52. The maximum absolute atomic E-state index is 10.5. The van der Waals surface area contributed by atoms with Crippen molar-refractivity contribution in [1.29, 1.82) is 0 Å². The molecule has 1 aromatic rings. The third-order valence-electron chi connectivity index (χ3n) is 2.12. The van der Waals surface area contributed by atoms with E-state index in [4.69, 9.17) is 5.11 Å². The molecule has 78 valence electrons. The van der Waals surface area contributed by atoms with Gasteiger partial charge in [-0.15, -0.1) is 0 Å². The van der Waals surface area contributed by atoms with Crippen LogP contribution in [0.4, 0.5) is 0 Å². The molecule has 0 bridgehead atoms. The van der Waals surface area contributed by atoms with E-state index in [1.807, 2.05) is 13.1 Å². The number of rotatable bonds is 5. The first kappa shape index (κ1) is 10.7.